The molecule has 25 heavy (non-hydrogen) atoms. The zero-order valence-corrected chi connectivity index (χ0v) is 15.0. The number of hydrogen-bond donors (Lipinski definition) is 1. The zero-order valence-electron chi connectivity index (χ0n) is 14.2. The number of fused-ring (bicyclic) bond motifs is 1. The summed E-state index contributed by atoms with van der Waals surface area (Å²) < 4.78 is 10.9. The van der Waals surface area contributed by atoms with E-state index >= 15 is 0 Å². The molecule has 2 rings (SSSR count). The van der Waals surface area contributed by atoms with Crippen molar-refractivity contribution in [3.05, 3.63) is 28.8 Å². The maximum Gasteiger partial charge on any atom is 0.323 e. The van der Waals surface area contributed by atoms with Gasteiger partial charge in [0.05, 0.1) is 5.02 Å². The number of ether oxygens (including phenoxy) is 2. The van der Waals surface area contributed by atoms with Gasteiger partial charge in [-0.3, -0.25) is 9.59 Å². The van der Waals surface area contributed by atoms with Crippen LogP contribution in [0, 0.1) is 0 Å². The van der Waals surface area contributed by atoms with E-state index in [0.29, 0.717) is 48.4 Å². The minimum Gasteiger partial charge on any atom is -0.486 e. The molecule has 0 fully saturated rings. The Bertz CT molecular complexity index is 675. The number of nitrogens with zero attached hydrogens (tertiary/aromatic N) is 2. The first-order chi connectivity index (χ1) is 11.9. The average Bonchev–Trinajstić information content (AvgIpc) is 2.56. The maximum atomic E-state index is 12.3. The number of carboxylic acid groups (broad SMARTS) is 1. The number of halogens is 1. The van der Waals surface area contributed by atoms with Gasteiger partial charge in [-0.2, -0.15) is 0 Å². The van der Waals surface area contributed by atoms with Gasteiger partial charge in [0.2, 0.25) is 5.91 Å². The van der Waals surface area contributed by atoms with Crippen LogP contribution in [0.25, 0.3) is 6.08 Å². The Morgan fingerprint density at radius 2 is 1.96 bits per heavy atom. The summed E-state index contributed by atoms with van der Waals surface area (Å²) in [4.78, 5) is 26.4. The SMILES string of the molecule is CN(C)CCN(CC(=O)O)C(=O)C=Cc1cc(Cl)c2c(c1)OCCO2. The number of carbonyl (C=O) groups excluding carboxylic acids is 1. The Hall–Kier alpha value is -2.25. The lowest BCUT2D eigenvalue weighted by atomic mass is 10.1. The van der Waals surface area contributed by atoms with Crippen molar-refractivity contribution in [1.82, 2.24) is 9.80 Å². The third-order valence-electron chi connectivity index (χ3n) is 3.49. The quantitative estimate of drug-likeness (QED) is 0.736. The lowest BCUT2D eigenvalue weighted by Gasteiger charge is -2.21. The number of carboxylic acids is 1. The van der Waals surface area contributed by atoms with Gasteiger partial charge in [-0.05, 0) is 37.9 Å². The van der Waals surface area contributed by atoms with Gasteiger partial charge in [-0.1, -0.05) is 11.6 Å². The van der Waals surface area contributed by atoms with E-state index in [1.165, 1.54) is 11.0 Å². The Morgan fingerprint density at radius 1 is 1.24 bits per heavy atom. The molecule has 1 aromatic carbocycles. The first-order valence-corrected chi connectivity index (χ1v) is 8.17. The number of aliphatic carboxylic acids is 1. The summed E-state index contributed by atoms with van der Waals surface area (Å²) in [5.74, 6) is -0.408. The van der Waals surface area contributed by atoms with E-state index in [0.717, 1.165) is 0 Å². The summed E-state index contributed by atoms with van der Waals surface area (Å²) in [6, 6.07) is 3.39. The molecule has 0 bridgehead atoms. The number of amides is 1. The molecule has 0 aromatic heterocycles. The van der Waals surface area contributed by atoms with E-state index in [2.05, 4.69) is 0 Å². The molecule has 0 saturated carbocycles. The van der Waals surface area contributed by atoms with Crippen molar-refractivity contribution in [3.8, 4) is 11.5 Å². The highest BCUT2D eigenvalue weighted by Gasteiger charge is 2.17. The lowest BCUT2D eigenvalue weighted by molar-refractivity contribution is -0.142. The maximum absolute atomic E-state index is 12.3. The van der Waals surface area contributed by atoms with E-state index in [4.69, 9.17) is 26.2 Å². The van der Waals surface area contributed by atoms with Crippen LogP contribution < -0.4 is 9.47 Å². The largest absolute Gasteiger partial charge is 0.486 e. The van der Waals surface area contributed by atoms with Gasteiger partial charge in [-0.25, -0.2) is 0 Å². The molecule has 0 aliphatic carbocycles. The second kappa shape index (κ2) is 8.73. The smallest absolute Gasteiger partial charge is 0.323 e. The van der Waals surface area contributed by atoms with Crippen molar-refractivity contribution in [2.75, 3.05) is 46.9 Å². The van der Waals surface area contributed by atoms with Crippen LogP contribution in [0.3, 0.4) is 0 Å². The topological polar surface area (TPSA) is 79.3 Å². The van der Waals surface area contributed by atoms with Gasteiger partial charge in [0, 0.05) is 19.2 Å². The summed E-state index contributed by atoms with van der Waals surface area (Å²) in [5.41, 5.74) is 0.672. The Balaban J connectivity index is 2.11. The normalized spacial score (nSPS) is 13.3. The summed E-state index contributed by atoms with van der Waals surface area (Å²) >= 11 is 6.16. The molecule has 1 aliphatic heterocycles. The van der Waals surface area contributed by atoms with E-state index in [-0.39, 0.29) is 12.5 Å². The molecule has 0 radical (unpaired) electrons. The number of carbonyl (C=O) groups is 2. The monoisotopic (exact) mass is 368 g/mol. The lowest BCUT2D eigenvalue weighted by Crippen LogP contribution is -2.39. The van der Waals surface area contributed by atoms with Crippen LogP contribution in [0.1, 0.15) is 5.56 Å². The van der Waals surface area contributed by atoms with Crippen LogP contribution >= 0.6 is 11.6 Å². The summed E-state index contributed by atoms with van der Waals surface area (Å²) in [6.07, 6.45) is 2.91. The molecule has 7 nitrogen and oxygen atoms in total. The third-order valence-corrected chi connectivity index (χ3v) is 3.77. The van der Waals surface area contributed by atoms with Crippen LogP contribution in [0.15, 0.2) is 18.2 Å². The summed E-state index contributed by atoms with van der Waals surface area (Å²) in [6.45, 7) is 1.43. The Labute approximate surface area is 151 Å². The van der Waals surface area contributed by atoms with E-state index in [9.17, 15) is 9.59 Å². The van der Waals surface area contributed by atoms with Crippen molar-refractivity contribution >= 4 is 29.6 Å². The van der Waals surface area contributed by atoms with Crippen molar-refractivity contribution in [1.29, 1.82) is 0 Å². The molecule has 1 aliphatic rings. The van der Waals surface area contributed by atoms with Crippen molar-refractivity contribution in [3.63, 3.8) is 0 Å². The standard InChI is InChI=1S/C17H21ClN2O5/c1-19(2)5-6-20(11-16(22)23)15(21)4-3-12-9-13(18)17-14(10-12)24-7-8-25-17/h3-4,9-10H,5-8,11H2,1-2H3,(H,22,23). The van der Waals surface area contributed by atoms with E-state index < -0.39 is 5.97 Å². The molecular weight excluding hydrogens is 348 g/mol. The zero-order chi connectivity index (χ0) is 18.4. The molecule has 0 atom stereocenters. The number of rotatable bonds is 7. The van der Waals surface area contributed by atoms with Gasteiger partial charge in [-0.15, -0.1) is 0 Å². The van der Waals surface area contributed by atoms with E-state index in [1.807, 2.05) is 19.0 Å². The van der Waals surface area contributed by atoms with Crippen LogP contribution in [0.2, 0.25) is 5.02 Å². The van der Waals surface area contributed by atoms with Crippen molar-refractivity contribution < 1.29 is 24.2 Å². The highest BCUT2D eigenvalue weighted by molar-refractivity contribution is 6.32. The van der Waals surface area contributed by atoms with Crippen LogP contribution in [-0.2, 0) is 9.59 Å². The average molecular weight is 369 g/mol. The fourth-order valence-electron chi connectivity index (χ4n) is 2.25. The Kier molecular flexibility index (Phi) is 6.66. The predicted molar refractivity (Wildman–Crippen MR) is 94.2 cm³/mol. The second-order valence-electron chi connectivity index (χ2n) is 5.82. The van der Waals surface area contributed by atoms with Gasteiger partial charge in [0.15, 0.2) is 11.5 Å². The molecule has 0 unspecified atom stereocenters. The predicted octanol–water partition coefficient (Wildman–Crippen LogP) is 1.60. The molecule has 8 heteroatoms. The van der Waals surface area contributed by atoms with Crippen LogP contribution in [0.5, 0.6) is 11.5 Å². The number of benzene rings is 1. The molecule has 1 amide bonds. The third kappa shape index (κ3) is 5.65. The first-order valence-electron chi connectivity index (χ1n) is 7.79. The highest BCUT2D eigenvalue weighted by Crippen LogP contribution is 2.38. The fourth-order valence-corrected chi connectivity index (χ4v) is 2.52. The minimum absolute atomic E-state index is 0.324. The highest BCUT2D eigenvalue weighted by atomic mass is 35.5. The summed E-state index contributed by atoms with van der Waals surface area (Å²) in [5, 5.41) is 9.37. The minimum atomic E-state index is -1.05. The van der Waals surface area contributed by atoms with E-state index in [1.54, 1.807) is 18.2 Å². The number of likely N-dealkylation sites (N-methyl/N-ethyl adjacent to an activating group) is 1. The second-order valence-corrected chi connectivity index (χ2v) is 6.22. The van der Waals surface area contributed by atoms with Gasteiger partial charge in [0.1, 0.15) is 19.8 Å². The summed E-state index contributed by atoms with van der Waals surface area (Å²) in [7, 11) is 3.72. The number of hydrogen-bond acceptors (Lipinski definition) is 5. The van der Waals surface area contributed by atoms with Gasteiger partial charge < -0.3 is 24.4 Å². The first kappa shape index (κ1) is 19.1. The molecule has 0 spiro atoms. The molecule has 0 saturated heterocycles. The van der Waals surface area contributed by atoms with Crippen molar-refractivity contribution in [2.45, 2.75) is 0 Å². The van der Waals surface area contributed by atoms with Crippen molar-refractivity contribution in [2.24, 2.45) is 0 Å². The molecule has 136 valence electrons. The van der Waals surface area contributed by atoms with Gasteiger partial charge >= 0.3 is 5.97 Å². The fraction of sp³-hybridized carbons (Fsp3) is 0.412. The van der Waals surface area contributed by atoms with Crippen LogP contribution in [0.4, 0.5) is 0 Å². The molecule has 1 aromatic rings. The molecule has 1 N–H and O–H groups in total. The molecule has 1 heterocycles. The van der Waals surface area contributed by atoms with Crippen LogP contribution in [-0.4, -0.2) is 73.7 Å². The molecular formula is C17H21ClN2O5. The van der Waals surface area contributed by atoms with Gasteiger partial charge in [0.25, 0.3) is 0 Å². The Morgan fingerprint density at radius 3 is 2.64 bits per heavy atom.